The Kier molecular flexibility index (Phi) is 13.0. The molecule has 1 N–H and O–H groups in total. The van der Waals surface area contributed by atoms with Gasteiger partial charge in [0.1, 0.15) is 12.5 Å². The number of fused-ring (bicyclic) bond motifs is 4. The summed E-state index contributed by atoms with van der Waals surface area (Å²) >= 11 is 0. The Labute approximate surface area is 359 Å². The van der Waals surface area contributed by atoms with Gasteiger partial charge in [-0.1, -0.05) is 12.1 Å². The number of hydrogen-bond donors (Lipinski definition) is 1. The van der Waals surface area contributed by atoms with E-state index in [0.29, 0.717) is 34.6 Å². The van der Waals surface area contributed by atoms with Gasteiger partial charge in [-0.3, -0.25) is 0 Å². The van der Waals surface area contributed by atoms with Crippen molar-refractivity contribution in [1.82, 2.24) is 59.8 Å². The molecule has 312 valence electrons. The monoisotopic (exact) mass is 852 g/mol. The van der Waals surface area contributed by atoms with Gasteiger partial charge in [0.05, 0.1) is 57.6 Å². The molecule has 2 aliphatic heterocycles. The van der Waals surface area contributed by atoms with E-state index in [1.165, 1.54) is 6.07 Å². The van der Waals surface area contributed by atoms with Crippen molar-refractivity contribution in [3.05, 3.63) is 107 Å². The molecule has 0 spiro atoms. The van der Waals surface area contributed by atoms with Crippen LogP contribution in [-0.4, -0.2) is 93.9 Å². The number of benzene rings is 2. The normalized spacial score (nSPS) is 15.2. The second-order valence-corrected chi connectivity index (χ2v) is 15.8. The summed E-state index contributed by atoms with van der Waals surface area (Å²) in [4.78, 5) is 11.1. The Bertz CT molecular complexity index is 2800. The number of aryl methyl sites for hydroxylation is 4. The Morgan fingerprint density at radius 3 is 1.85 bits per heavy atom. The van der Waals surface area contributed by atoms with E-state index in [1.807, 2.05) is 55.9 Å². The summed E-state index contributed by atoms with van der Waals surface area (Å²) in [7, 11) is 0. The first-order valence-electron chi connectivity index (χ1n) is 20.1. The number of nitrogens with one attached hydrogen (secondary N) is 1. The summed E-state index contributed by atoms with van der Waals surface area (Å²) in [6.45, 7) is 11.9. The van der Waals surface area contributed by atoms with Gasteiger partial charge in [0.15, 0.2) is 11.3 Å². The Morgan fingerprint density at radius 2 is 1.22 bits per heavy atom. The van der Waals surface area contributed by atoms with Crippen molar-refractivity contribution >= 4 is 57.9 Å². The van der Waals surface area contributed by atoms with Crippen LogP contribution in [0.15, 0.2) is 67.0 Å². The van der Waals surface area contributed by atoms with Crippen LogP contribution in [0, 0.1) is 33.5 Å². The zero-order chi connectivity index (χ0) is 39.9. The lowest BCUT2D eigenvalue weighted by Gasteiger charge is -2.30. The lowest BCUT2D eigenvalue weighted by Crippen LogP contribution is -2.34. The molecule has 6 aromatic heterocycles. The number of nitrogens with zero attached hydrogens (tertiary/aromatic N) is 11. The summed E-state index contributed by atoms with van der Waals surface area (Å²) in [5.74, 6) is 0.405. The lowest BCUT2D eigenvalue weighted by molar-refractivity contribution is 0.195. The van der Waals surface area contributed by atoms with Gasteiger partial charge in [0.25, 0.3) is 0 Å². The molecule has 10 rings (SSSR count). The summed E-state index contributed by atoms with van der Waals surface area (Å²) in [6.07, 6.45) is 7.84. The van der Waals surface area contributed by atoms with Crippen LogP contribution in [0.3, 0.4) is 0 Å². The maximum absolute atomic E-state index is 15.1. The standard InChI is InChI=1S/C23H24F2N6.C21H22N6.2ClH/c1-14-9-21(29-31-13-15(2)26-23(14)31)17-10-19(25)18-12-20(27-28-22(18)11-17)16-3-6-30(7-4-16)8-5-24;1-13-9-20(26-27-12-14(2)23-21(13)27)17-4-3-16-10-18(24-25-19(16)11-17)15-5-7-22-8-6-15;;/h9-13,16H,3-8H2,1-2H3;3-4,9-12,15,22H,5-8H2,1-2H3;2*1H. The molecular formula is C44H48Cl2F2N12. The molecule has 0 radical (unpaired) electrons. The number of rotatable bonds is 6. The third-order valence-electron chi connectivity index (χ3n) is 11.5. The van der Waals surface area contributed by atoms with Gasteiger partial charge in [0, 0.05) is 40.3 Å². The van der Waals surface area contributed by atoms with Gasteiger partial charge in [-0.05, 0) is 133 Å². The van der Waals surface area contributed by atoms with Crippen LogP contribution < -0.4 is 5.32 Å². The van der Waals surface area contributed by atoms with Gasteiger partial charge >= 0.3 is 0 Å². The van der Waals surface area contributed by atoms with E-state index in [-0.39, 0.29) is 43.2 Å². The molecule has 0 amide bonds. The van der Waals surface area contributed by atoms with E-state index in [2.05, 4.69) is 82.9 Å². The summed E-state index contributed by atoms with van der Waals surface area (Å²) in [6, 6.07) is 17.7. The van der Waals surface area contributed by atoms with Crippen molar-refractivity contribution in [1.29, 1.82) is 0 Å². The molecule has 2 aromatic carbocycles. The average molecular weight is 854 g/mol. The first-order chi connectivity index (χ1) is 28.2. The fourth-order valence-electron chi connectivity index (χ4n) is 8.34. The average Bonchev–Trinajstić information content (AvgIpc) is 3.83. The molecule has 2 fully saturated rings. The zero-order valence-corrected chi connectivity index (χ0v) is 35.7. The fraction of sp³-hybridized carbons (Fsp3) is 0.364. The number of imidazole rings is 2. The molecule has 60 heavy (non-hydrogen) atoms. The molecule has 0 aliphatic carbocycles. The fourth-order valence-corrected chi connectivity index (χ4v) is 8.34. The van der Waals surface area contributed by atoms with Crippen molar-refractivity contribution < 1.29 is 8.78 Å². The molecule has 2 aliphatic rings. The van der Waals surface area contributed by atoms with Crippen molar-refractivity contribution in [3.63, 3.8) is 0 Å². The predicted molar refractivity (Wildman–Crippen MR) is 236 cm³/mol. The van der Waals surface area contributed by atoms with Gasteiger partial charge in [-0.15, -0.1) is 24.8 Å². The topological polar surface area (TPSA) is 127 Å². The predicted octanol–water partition coefficient (Wildman–Crippen LogP) is 8.51. The number of alkyl halides is 1. The maximum Gasteiger partial charge on any atom is 0.156 e. The Morgan fingerprint density at radius 1 is 0.650 bits per heavy atom. The second-order valence-electron chi connectivity index (χ2n) is 15.8. The third kappa shape index (κ3) is 8.78. The van der Waals surface area contributed by atoms with E-state index in [9.17, 15) is 4.39 Å². The minimum Gasteiger partial charge on any atom is -0.317 e. The molecule has 0 bridgehead atoms. The molecule has 0 saturated carbocycles. The number of aromatic nitrogens is 10. The number of likely N-dealkylation sites (tertiary alicyclic amines) is 1. The highest BCUT2D eigenvalue weighted by molar-refractivity contribution is 5.86. The highest BCUT2D eigenvalue weighted by Crippen LogP contribution is 2.32. The number of halogens is 4. The molecule has 12 nitrogen and oxygen atoms in total. The third-order valence-corrected chi connectivity index (χ3v) is 11.5. The van der Waals surface area contributed by atoms with Crippen molar-refractivity contribution in [2.75, 3.05) is 39.4 Å². The van der Waals surface area contributed by atoms with Gasteiger partial charge in [-0.2, -0.15) is 30.6 Å². The Hall–Kier alpha value is -5.28. The molecule has 0 unspecified atom stereocenters. The lowest BCUT2D eigenvalue weighted by atomic mass is 9.92. The summed E-state index contributed by atoms with van der Waals surface area (Å²) in [5.41, 5.74) is 12.3. The van der Waals surface area contributed by atoms with E-state index in [1.54, 1.807) is 4.52 Å². The van der Waals surface area contributed by atoms with Crippen molar-refractivity contribution in [2.24, 2.45) is 0 Å². The molecule has 8 aromatic rings. The zero-order valence-electron chi connectivity index (χ0n) is 34.1. The largest absolute Gasteiger partial charge is 0.317 e. The summed E-state index contributed by atoms with van der Waals surface area (Å²) in [5, 5.41) is 32.1. The van der Waals surface area contributed by atoms with Crippen molar-refractivity contribution in [2.45, 2.75) is 65.2 Å². The van der Waals surface area contributed by atoms with Gasteiger partial charge < -0.3 is 10.2 Å². The Balaban J connectivity index is 0.000000177. The molecule has 8 heterocycles. The summed E-state index contributed by atoms with van der Waals surface area (Å²) < 4.78 is 31.2. The molecular weight excluding hydrogens is 805 g/mol. The first-order valence-corrected chi connectivity index (χ1v) is 20.1. The van der Waals surface area contributed by atoms with Crippen LogP contribution in [0.25, 0.3) is 55.6 Å². The van der Waals surface area contributed by atoms with Crippen LogP contribution in [-0.2, 0) is 0 Å². The maximum atomic E-state index is 15.1. The second kappa shape index (κ2) is 18.1. The minimum atomic E-state index is -0.333. The van der Waals surface area contributed by atoms with Crippen LogP contribution in [0.2, 0.25) is 0 Å². The highest BCUT2D eigenvalue weighted by Gasteiger charge is 2.23. The smallest absolute Gasteiger partial charge is 0.156 e. The van der Waals surface area contributed by atoms with Crippen molar-refractivity contribution in [3.8, 4) is 22.5 Å². The molecule has 16 heteroatoms. The van der Waals surface area contributed by atoms with E-state index < -0.39 is 0 Å². The van der Waals surface area contributed by atoms with Crippen LogP contribution in [0.1, 0.15) is 71.4 Å². The quantitative estimate of drug-likeness (QED) is 0.174. The van der Waals surface area contributed by atoms with Crippen LogP contribution >= 0.6 is 24.8 Å². The van der Waals surface area contributed by atoms with Gasteiger partial charge in [-0.25, -0.2) is 27.8 Å². The minimum absolute atomic E-state index is 0. The van der Waals surface area contributed by atoms with Crippen LogP contribution in [0.4, 0.5) is 8.78 Å². The van der Waals surface area contributed by atoms with E-state index in [4.69, 9.17) is 5.10 Å². The highest BCUT2D eigenvalue weighted by atomic mass is 35.5. The number of piperidine rings is 2. The number of hydrogen-bond acceptors (Lipinski definition) is 10. The first kappa shape index (κ1) is 42.8. The molecule has 2 saturated heterocycles. The molecule has 0 atom stereocenters. The van der Waals surface area contributed by atoms with Gasteiger partial charge in [0.2, 0.25) is 0 Å². The van der Waals surface area contributed by atoms with E-state index in [0.717, 1.165) is 119 Å². The van der Waals surface area contributed by atoms with Crippen LogP contribution in [0.5, 0.6) is 0 Å². The van der Waals surface area contributed by atoms with E-state index >= 15 is 4.39 Å². The SMILES string of the molecule is Cc1cn2nc(-c3cc(F)c4cc(C5CCN(CCF)CC5)nnc4c3)cc(C)c2n1.Cc1cn2nc(-c3ccc4cc(C5CCNCC5)nnc4c3)cc(C)c2n1.Cl.Cl.